The number of piperidine rings is 1. The predicted octanol–water partition coefficient (Wildman–Crippen LogP) is 0.298. The SMILES string of the molecule is O=C(COCC(F)(F)C(F)F)NC1CCCNC1=O. The van der Waals surface area contributed by atoms with E-state index < -0.39 is 37.5 Å². The predicted molar refractivity (Wildman–Crippen MR) is 55.9 cm³/mol. The topological polar surface area (TPSA) is 67.4 Å². The van der Waals surface area contributed by atoms with E-state index in [1.807, 2.05) is 0 Å². The highest BCUT2D eigenvalue weighted by molar-refractivity contribution is 5.88. The highest BCUT2D eigenvalue weighted by Gasteiger charge is 2.41. The highest BCUT2D eigenvalue weighted by Crippen LogP contribution is 2.22. The molecule has 2 N–H and O–H groups in total. The third kappa shape index (κ3) is 5.01. The number of ether oxygens (including phenoxy) is 1. The van der Waals surface area contributed by atoms with Gasteiger partial charge in [-0.2, -0.15) is 8.78 Å². The number of halogens is 4. The molecule has 1 atom stereocenters. The van der Waals surface area contributed by atoms with Gasteiger partial charge in [-0.25, -0.2) is 8.78 Å². The van der Waals surface area contributed by atoms with Crippen molar-refractivity contribution >= 4 is 11.8 Å². The van der Waals surface area contributed by atoms with Crippen LogP contribution in [0.2, 0.25) is 0 Å². The van der Waals surface area contributed by atoms with Crippen molar-refractivity contribution in [3.8, 4) is 0 Å². The number of rotatable bonds is 6. The van der Waals surface area contributed by atoms with E-state index in [0.29, 0.717) is 19.4 Å². The van der Waals surface area contributed by atoms with Crippen molar-refractivity contribution in [3.05, 3.63) is 0 Å². The molecule has 9 heteroatoms. The Balaban J connectivity index is 2.26. The molecule has 0 aromatic rings. The summed E-state index contributed by atoms with van der Waals surface area (Å²) >= 11 is 0. The summed E-state index contributed by atoms with van der Waals surface area (Å²) in [5.74, 6) is -5.45. The number of carbonyl (C=O) groups excluding carboxylic acids is 2. The summed E-state index contributed by atoms with van der Waals surface area (Å²) in [7, 11) is 0. The van der Waals surface area contributed by atoms with Gasteiger partial charge in [0, 0.05) is 6.54 Å². The molecule has 1 saturated heterocycles. The van der Waals surface area contributed by atoms with Crippen LogP contribution in [-0.2, 0) is 14.3 Å². The zero-order valence-electron chi connectivity index (χ0n) is 9.93. The lowest BCUT2D eigenvalue weighted by Gasteiger charge is -2.23. The fourth-order valence-corrected chi connectivity index (χ4v) is 1.49. The van der Waals surface area contributed by atoms with Gasteiger partial charge < -0.3 is 15.4 Å². The summed E-state index contributed by atoms with van der Waals surface area (Å²) in [6.45, 7) is -1.83. The molecular formula is C10H14F4N2O3. The van der Waals surface area contributed by atoms with E-state index in [1.165, 1.54) is 0 Å². The van der Waals surface area contributed by atoms with E-state index in [4.69, 9.17) is 0 Å². The van der Waals surface area contributed by atoms with Gasteiger partial charge in [-0.05, 0) is 12.8 Å². The molecule has 0 radical (unpaired) electrons. The number of hydrogen-bond donors (Lipinski definition) is 2. The number of carbonyl (C=O) groups is 2. The van der Waals surface area contributed by atoms with Crippen molar-refractivity contribution in [2.24, 2.45) is 0 Å². The lowest BCUT2D eigenvalue weighted by molar-refractivity contribution is -0.168. The molecule has 2 amide bonds. The van der Waals surface area contributed by atoms with E-state index >= 15 is 0 Å². The molecule has 0 aromatic carbocycles. The normalized spacial score (nSPS) is 20.3. The summed E-state index contributed by atoms with van der Waals surface area (Å²) in [5, 5.41) is 4.79. The van der Waals surface area contributed by atoms with Crippen LogP contribution in [0.15, 0.2) is 0 Å². The van der Waals surface area contributed by atoms with Gasteiger partial charge in [0.15, 0.2) is 0 Å². The Morgan fingerprint density at radius 2 is 2.21 bits per heavy atom. The van der Waals surface area contributed by atoms with Crippen molar-refractivity contribution in [3.63, 3.8) is 0 Å². The van der Waals surface area contributed by atoms with Crippen molar-refractivity contribution in [1.29, 1.82) is 0 Å². The molecule has 1 fully saturated rings. The maximum absolute atomic E-state index is 12.4. The van der Waals surface area contributed by atoms with Gasteiger partial charge in [-0.15, -0.1) is 0 Å². The Labute approximate surface area is 106 Å². The fraction of sp³-hybridized carbons (Fsp3) is 0.800. The number of amides is 2. The summed E-state index contributed by atoms with van der Waals surface area (Å²) in [6, 6.07) is -0.736. The molecule has 1 unspecified atom stereocenters. The van der Waals surface area contributed by atoms with Gasteiger partial charge in [-0.1, -0.05) is 0 Å². The molecule has 1 aliphatic heterocycles. The smallest absolute Gasteiger partial charge is 0.330 e. The van der Waals surface area contributed by atoms with Crippen LogP contribution < -0.4 is 10.6 Å². The van der Waals surface area contributed by atoms with E-state index in [2.05, 4.69) is 15.4 Å². The van der Waals surface area contributed by atoms with Gasteiger partial charge in [0.05, 0.1) is 0 Å². The van der Waals surface area contributed by atoms with Crippen LogP contribution >= 0.6 is 0 Å². The van der Waals surface area contributed by atoms with E-state index in [1.54, 1.807) is 0 Å². The summed E-state index contributed by atoms with van der Waals surface area (Å²) in [6.07, 6.45) is -2.73. The zero-order valence-corrected chi connectivity index (χ0v) is 9.93. The minimum absolute atomic E-state index is 0.363. The summed E-state index contributed by atoms with van der Waals surface area (Å²) < 4.78 is 52.7. The third-order valence-electron chi connectivity index (χ3n) is 2.47. The van der Waals surface area contributed by atoms with Crippen molar-refractivity contribution in [2.45, 2.75) is 31.2 Å². The monoisotopic (exact) mass is 286 g/mol. The third-order valence-corrected chi connectivity index (χ3v) is 2.47. The van der Waals surface area contributed by atoms with Crippen LogP contribution in [0.4, 0.5) is 17.6 Å². The van der Waals surface area contributed by atoms with Crippen LogP contribution in [-0.4, -0.2) is 50.0 Å². The Bertz CT molecular complexity index is 339. The molecule has 0 saturated carbocycles. The van der Waals surface area contributed by atoms with Gasteiger partial charge in [0.25, 0.3) is 0 Å². The molecule has 1 heterocycles. The first-order valence-electron chi connectivity index (χ1n) is 5.63. The molecule has 0 aliphatic carbocycles. The van der Waals surface area contributed by atoms with Crippen molar-refractivity contribution in [2.75, 3.05) is 19.8 Å². The summed E-state index contributed by atoms with van der Waals surface area (Å²) in [5.41, 5.74) is 0. The van der Waals surface area contributed by atoms with Gasteiger partial charge in [0.1, 0.15) is 19.3 Å². The largest absolute Gasteiger partial charge is 0.365 e. The maximum atomic E-state index is 12.4. The first-order chi connectivity index (χ1) is 8.83. The second kappa shape index (κ2) is 6.69. The number of nitrogens with one attached hydrogen (secondary N) is 2. The van der Waals surface area contributed by atoms with Gasteiger partial charge in [-0.3, -0.25) is 9.59 Å². The molecule has 1 aliphatic rings. The van der Waals surface area contributed by atoms with Gasteiger partial charge in [0.2, 0.25) is 11.8 Å². The molecule has 0 spiro atoms. The van der Waals surface area contributed by atoms with Crippen molar-refractivity contribution in [1.82, 2.24) is 10.6 Å². The van der Waals surface area contributed by atoms with E-state index in [-0.39, 0.29) is 5.91 Å². The van der Waals surface area contributed by atoms with Crippen molar-refractivity contribution < 1.29 is 31.9 Å². The highest BCUT2D eigenvalue weighted by atomic mass is 19.3. The van der Waals surface area contributed by atoms with E-state index in [0.717, 1.165) is 0 Å². The lowest BCUT2D eigenvalue weighted by Crippen LogP contribution is -2.51. The molecule has 0 bridgehead atoms. The first kappa shape index (κ1) is 15.7. The van der Waals surface area contributed by atoms with Crippen LogP contribution in [0.3, 0.4) is 0 Å². The quantitative estimate of drug-likeness (QED) is 0.690. The summed E-state index contributed by atoms with van der Waals surface area (Å²) in [4.78, 5) is 22.5. The molecule has 5 nitrogen and oxygen atoms in total. The Morgan fingerprint density at radius 3 is 2.79 bits per heavy atom. The minimum Gasteiger partial charge on any atom is -0.365 e. The van der Waals surface area contributed by atoms with Crippen LogP contribution in [0.1, 0.15) is 12.8 Å². The average Bonchev–Trinajstić information content (AvgIpc) is 2.31. The van der Waals surface area contributed by atoms with Crippen LogP contribution in [0.5, 0.6) is 0 Å². The molecule has 110 valence electrons. The Kier molecular flexibility index (Phi) is 5.52. The molecule has 19 heavy (non-hydrogen) atoms. The second-order valence-electron chi connectivity index (χ2n) is 4.11. The molecular weight excluding hydrogens is 272 g/mol. The van der Waals surface area contributed by atoms with Crippen LogP contribution in [0.25, 0.3) is 0 Å². The number of alkyl halides is 4. The van der Waals surface area contributed by atoms with E-state index in [9.17, 15) is 27.2 Å². The standard InChI is InChI=1S/C10H14F4N2O3/c11-9(12)10(13,14)5-19-4-7(17)16-6-2-1-3-15-8(6)18/h6,9H,1-5H2,(H,15,18)(H,16,17). The zero-order chi connectivity index (χ0) is 14.5. The number of hydrogen-bond acceptors (Lipinski definition) is 3. The second-order valence-corrected chi connectivity index (χ2v) is 4.11. The first-order valence-corrected chi connectivity index (χ1v) is 5.63. The Hall–Kier alpha value is -1.38. The lowest BCUT2D eigenvalue weighted by atomic mass is 10.1. The molecule has 0 aromatic heterocycles. The average molecular weight is 286 g/mol. The van der Waals surface area contributed by atoms with Crippen LogP contribution in [0, 0.1) is 0 Å². The molecule has 1 rings (SSSR count). The Morgan fingerprint density at radius 1 is 1.53 bits per heavy atom. The minimum atomic E-state index is -4.29. The van der Waals surface area contributed by atoms with Gasteiger partial charge >= 0.3 is 12.3 Å². The maximum Gasteiger partial charge on any atom is 0.330 e. The fourth-order valence-electron chi connectivity index (χ4n) is 1.49.